The Morgan fingerprint density at radius 3 is 2.71 bits per heavy atom. The lowest BCUT2D eigenvalue weighted by molar-refractivity contribution is 0.278. The molecule has 0 radical (unpaired) electrons. The van der Waals surface area contributed by atoms with Gasteiger partial charge >= 0.3 is 0 Å². The van der Waals surface area contributed by atoms with Crippen molar-refractivity contribution >= 4 is 5.69 Å². The molecule has 0 amide bonds. The van der Waals surface area contributed by atoms with E-state index in [1.807, 2.05) is 0 Å². The summed E-state index contributed by atoms with van der Waals surface area (Å²) in [7, 11) is 0. The number of piperidine rings is 1. The van der Waals surface area contributed by atoms with E-state index in [-0.39, 0.29) is 5.54 Å². The summed E-state index contributed by atoms with van der Waals surface area (Å²) in [5.74, 6) is 0. The van der Waals surface area contributed by atoms with Crippen LogP contribution in [0.15, 0.2) is 36.5 Å². The zero-order valence-corrected chi connectivity index (χ0v) is 12.9. The largest absolute Gasteiger partial charge is 0.359 e. The number of benzene rings is 1. The van der Waals surface area contributed by atoms with E-state index in [1.54, 1.807) is 0 Å². The second kappa shape index (κ2) is 4.63. The quantitative estimate of drug-likeness (QED) is 0.866. The molecule has 1 spiro atoms. The van der Waals surface area contributed by atoms with Gasteiger partial charge in [-0.3, -0.25) is 0 Å². The maximum Gasteiger partial charge on any atom is 0.0832 e. The van der Waals surface area contributed by atoms with Crippen molar-refractivity contribution in [1.29, 1.82) is 0 Å². The maximum absolute atomic E-state index is 3.52. The second-order valence-electron chi connectivity index (χ2n) is 6.28. The van der Waals surface area contributed by atoms with E-state index in [9.17, 15) is 0 Å². The minimum absolute atomic E-state index is 0.157. The van der Waals surface area contributed by atoms with Crippen molar-refractivity contribution in [2.45, 2.75) is 32.2 Å². The van der Waals surface area contributed by atoms with E-state index < -0.39 is 0 Å². The Bertz CT molecular complexity index is 665. The summed E-state index contributed by atoms with van der Waals surface area (Å²) < 4.78 is 2.41. The number of nitrogens with zero attached hydrogens (tertiary/aromatic N) is 2. The van der Waals surface area contributed by atoms with Crippen LogP contribution >= 0.6 is 0 Å². The third-order valence-corrected chi connectivity index (χ3v) is 5.17. The molecule has 2 aliphatic heterocycles. The van der Waals surface area contributed by atoms with Gasteiger partial charge in [-0.25, -0.2) is 0 Å². The second-order valence-corrected chi connectivity index (χ2v) is 6.28. The molecule has 0 bridgehead atoms. The van der Waals surface area contributed by atoms with E-state index in [4.69, 9.17) is 0 Å². The van der Waals surface area contributed by atoms with Crippen molar-refractivity contribution in [3.05, 3.63) is 47.8 Å². The van der Waals surface area contributed by atoms with Crippen LogP contribution in [0.25, 0.3) is 5.69 Å². The summed E-state index contributed by atoms with van der Waals surface area (Å²) in [4.78, 5) is 2.64. The van der Waals surface area contributed by atoms with E-state index in [2.05, 4.69) is 65.2 Å². The lowest BCUT2D eigenvalue weighted by Crippen LogP contribution is -2.55. The first-order valence-corrected chi connectivity index (χ1v) is 8.03. The average Bonchev–Trinajstić information content (AvgIpc) is 2.99. The third kappa shape index (κ3) is 1.70. The van der Waals surface area contributed by atoms with E-state index >= 15 is 0 Å². The molecular formula is C18H23N3. The summed E-state index contributed by atoms with van der Waals surface area (Å²) in [5, 5.41) is 3.52. The molecule has 3 nitrogen and oxygen atoms in total. The first-order valence-electron chi connectivity index (χ1n) is 8.03. The maximum atomic E-state index is 3.52. The molecule has 21 heavy (non-hydrogen) atoms. The number of aryl methyl sites for hydroxylation is 1. The summed E-state index contributed by atoms with van der Waals surface area (Å²) in [6.45, 7) is 7.73. The molecule has 0 unspecified atom stereocenters. The van der Waals surface area contributed by atoms with Crippen LogP contribution in [-0.4, -0.2) is 24.2 Å². The van der Waals surface area contributed by atoms with Gasteiger partial charge in [-0.2, -0.15) is 0 Å². The van der Waals surface area contributed by atoms with Gasteiger partial charge in [0, 0.05) is 18.4 Å². The molecule has 110 valence electrons. The molecule has 4 rings (SSSR count). The summed E-state index contributed by atoms with van der Waals surface area (Å²) in [5.41, 5.74) is 5.67. The monoisotopic (exact) mass is 281 g/mol. The summed E-state index contributed by atoms with van der Waals surface area (Å²) in [6, 6.07) is 11.4. The normalized spacial score (nSPS) is 19.4. The van der Waals surface area contributed by atoms with Crippen molar-refractivity contribution in [2.24, 2.45) is 0 Å². The number of anilines is 1. The molecule has 1 saturated heterocycles. The molecule has 2 aromatic rings. The molecule has 0 saturated carbocycles. The number of hydrogen-bond donors (Lipinski definition) is 1. The van der Waals surface area contributed by atoms with E-state index in [0.29, 0.717) is 0 Å². The fourth-order valence-corrected chi connectivity index (χ4v) is 4.23. The van der Waals surface area contributed by atoms with Gasteiger partial charge in [-0.15, -0.1) is 0 Å². The molecule has 0 atom stereocenters. The predicted molar refractivity (Wildman–Crippen MR) is 87.3 cm³/mol. The smallest absolute Gasteiger partial charge is 0.0832 e. The highest BCUT2D eigenvalue weighted by atomic mass is 15.3. The minimum Gasteiger partial charge on any atom is -0.359 e. The van der Waals surface area contributed by atoms with Gasteiger partial charge in [-0.1, -0.05) is 6.07 Å². The molecular weight excluding hydrogens is 258 g/mol. The van der Waals surface area contributed by atoms with Crippen LogP contribution in [0, 0.1) is 6.92 Å². The Kier molecular flexibility index (Phi) is 2.86. The van der Waals surface area contributed by atoms with Gasteiger partial charge in [-0.05, 0) is 69.6 Å². The molecule has 0 aliphatic carbocycles. The van der Waals surface area contributed by atoms with Crippen molar-refractivity contribution in [2.75, 3.05) is 24.5 Å². The van der Waals surface area contributed by atoms with Gasteiger partial charge in [0.05, 0.1) is 16.9 Å². The fourth-order valence-electron chi connectivity index (χ4n) is 4.23. The lowest BCUT2D eigenvalue weighted by atomic mass is 9.81. The predicted octanol–water partition coefficient (Wildman–Crippen LogP) is 3.20. The van der Waals surface area contributed by atoms with Crippen molar-refractivity contribution in [3.8, 4) is 5.69 Å². The number of hydrogen-bond acceptors (Lipinski definition) is 2. The highest BCUT2D eigenvalue weighted by Crippen LogP contribution is 2.47. The topological polar surface area (TPSA) is 20.2 Å². The molecule has 1 aromatic carbocycles. The highest BCUT2D eigenvalue weighted by molar-refractivity contribution is 5.70. The summed E-state index contributed by atoms with van der Waals surface area (Å²) >= 11 is 0. The Morgan fingerprint density at radius 2 is 1.95 bits per heavy atom. The van der Waals surface area contributed by atoms with Crippen LogP contribution in [0.4, 0.5) is 5.69 Å². The Morgan fingerprint density at radius 1 is 1.14 bits per heavy atom. The fraction of sp³-hybridized carbons (Fsp3) is 0.444. The number of rotatable bonds is 1. The molecule has 2 aliphatic rings. The van der Waals surface area contributed by atoms with Gasteiger partial charge in [0.25, 0.3) is 0 Å². The van der Waals surface area contributed by atoms with Crippen LogP contribution in [0.5, 0.6) is 0 Å². The first kappa shape index (κ1) is 13.0. The minimum atomic E-state index is 0.157. The van der Waals surface area contributed by atoms with Gasteiger partial charge < -0.3 is 14.8 Å². The molecule has 3 heterocycles. The zero-order chi connectivity index (χ0) is 14.4. The van der Waals surface area contributed by atoms with Crippen LogP contribution in [-0.2, 0) is 5.54 Å². The van der Waals surface area contributed by atoms with Crippen molar-refractivity contribution < 1.29 is 0 Å². The lowest BCUT2D eigenvalue weighted by Gasteiger charge is -2.51. The zero-order valence-electron chi connectivity index (χ0n) is 12.9. The Labute approximate surface area is 126 Å². The van der Waals surface area contributed by atoms with Crippen molar-refractivity contribution in [1.82, 2.24) is 9.88 Å². The Balaban J connectivity index is 1.98. The van der Waals surface area contributed by atoms with Crippen molar-refractivity contribution in [3.63, 3.8) is 0 Å². The molecule has 1 aromatic heterocycles. The third-order valence-electron chi connectivity index (χ3n) is 5.17. The van der Waals surface area contributed by atoms with Crippen LogP contribution < -0.4 is 10.2 Å². The standard InChI is InChI=1S/C18H23N3/c1-3-21-16-13-14(2)6-7-15(16)20-12-4-5-17(20)18(21)8-10-19-11-9-18/h4-7,12-13,19H,3,8-11H2,1-2H3. The SMILES string of the molecule is CCN1c2cc(C)ccc2-n2cccc2C12CCNCC2. The highest BCUT2D eigenvalue weighted by Gasteiger charge is 2.44. The number of nitrogens with one attached hydrogen (secondary N) is 1. The van der Waals surface area contributed by atoms with Crippen LogP contribution in [0.3, 0.4) is 0 Å². The summed E-state index contributed by atoms with van der Waals surface area (Å²) in [6.07, 6.45) is 4.58. The average molecular weight is 281 g/mol. The number of fused-ring (bicyclic) bond motifs is 4. The molecule has 1 N–H and O–H groups in total. The van der Waals surface area contributed by atoms with Gasteiger partial charge in [0.2, 0.25) is 0 Å². The van der Waals surface area contributed by atoms with Crippen LogP contribution in [0.1, 0.15) is 31.0 Å². The van der Waals surface area contributed by atoms with Gasteiger partial charge in [0.15, 0.2) is 0 Å². The van der Waals surface area contributed by atoms with E-state index in [0.717, 1.165) is 19.6 Å². The molecule has 1 fully saturated rings. The van der Waals surface area contributed by atoms with Gasteiger partial charge in [0.1, 0.15) is 0 Å². The van der Waals surface area contributed by atoms with E-state index in [1.165, 1.54) is 35.5 Å². The van der Waals surface area contributed by atoms with Crippen LogP contribution in [0.2, 0.25) is 0 Å². The number of aromatic nitrogens is 1. The molecule has 3 heteroatoms. The Hall–Kier alpha value is -1.74. The first-order chi connectivity index (χ1) is 10.3.